The summed E-state index contributed by atoms with van der Waals surface area (Å²) in [5.74, 6) is -1.15. The van der Waals surface area contributed by atoms with Gasteiger partial charge in [0.05, 0.1) is 6.54 Å². The fourth-order valence-electron chi connectivity index (χ4n) is 2.36. The van der Waals surface area contributed by atoms with Crippen molar-refractivity contribution < 1.29 is 14.4 Å². The second kappa shape index (κ2) is 7.61. The van der Waals surface area contributed by atoms with Gasteiger partial charge in [-0.2, -0.15) is 0 Å². The third kappa shape index (κ3) is 4.44. The first-order valence-electron chi connectivity index (χ1n) is 7.81. The smallest absolute Gasteiger partial charge is 0.254 e. The van der Waals surface area contributed by atoms with E-state index in [0.717, 1.165) is 16.8 Å². The van der Waals surface area contributed by atoms with Crippen LogP contribution in [0.2, 0.25) is 0 Å². The highest BCUT2D eigenvalue weighted by Gasteiger charge is 2.16. The van der Waals surface area contributed by atoms with Gasteiger partial charge in [-0.05, 0) is 55.3 Å². The van der Waals surface area contributed by atoms with Crippen LogP contribution >= 0.6 is 0 Å². The number of carbonyl (C=O) groups excluding carboxylic acids is 3. The van der Waals surface area contributed by atoms with Crippen molar-refractivity contribution in [3.05, 3.63) is 64.7 Å². The third-order valence-corrected chi connectivity index (χ3v) is 4.02. The first-order chi connectivity index (χ1) is 11.8. The van der Waals surface area contributed by atoms with Crippen LogP contribution in [0.5, 0.6) is 0 Å². The van der Waals surface area contributed by atoms with Crippen molar-refractivity contribution in [3.8, 4) is 0 Å². The third-order valence-electron chi connectivity index (χ3n) is 4.02. The van der Waals surface area contributed by atoms with E-state index in [2.05, 4.69) is 5.32 Å². The van der Waals surface area contributed by atoms with Crippen molar-refractivity contribution in [3.63, 3.8) is 0 Å². The van der Waals surface area contributed by atoms with Crippen molar-refractivity contribution in [1.29, 1.82) is 0 Å². The molecule has 0 aliphatic heterocycles. The number of aryl methyl sites for hydroxylation is 1. The van der Waals surface area contributed by atoms with Crippen LogP contribution in [0.25, 0.3) is 0 Å². The molecule has 0 saturated carbocycles. The molecule has 3 N–H and O–H groups in total. The number of likely N-dealkylation sites (N-methyl/N-ethyl adjacent to an activating group) is 1. The minimum Gasteiger partial charge on any atom is -0.366 e. The summed E-state index contributed by atoms with van der Waals surface area (Å²) in [6.07, 6.45) is 0. The van der Waals surface area contributed by atoms with E-state index in [-0.39, 0.29) is 18.4 Å². The number of nitrogens with two attached hydrogens (primary N) is 1. The Bertz CT molecular complexity index is 813. The lowest BCUT2D eigenvalue weighted by molar-refractivity contribution is -0.116. The summed E-state index contributed by atoms with van der Waals surface area (Å²) in [6, 6.07) is 11.7. The molecule has 6 nitrogen and oxygen atoms in total. The largest absolute Gasteiger partial charge is 0.366 e. The predicted molar refractivity (Wildman–Crippen MR) is 96.5 cm³/mol. The van der Waals surface area contributed by atoms with E-state index in [4.69, 9.17) is 5.73 Å². The molecule has 0 aliphatic rings. The van der Waals surface area contributed by atoms with Crippen molar-refractivity contribution in [2.24, 2.45) is 5.73 Å². The fraction of sp³-hybridized carbons (Fsp3) is 0.211. The van der Waals surface area contributed by atoms with E-state index in [1.807, 2.05) is 32.0 Å². The van der Waals surface area contributed by atoms with Crippen molar-refractivity contribution in [1.82, 2.24) is 4.90 Å². The number of hydrogen-bond acceptors (Lipinski definition) is 3. The van der Waals surface area contributed by atoms with E-state index in [9.17, 15) is 14.4 Å². The number of nitrogens with one attached hydrogen (secondary N) is 1. The zero-order valence-electron chi connectivity index (χ0n) is 14.5. The Morgan fingerprint density at radius 1 is 1.00 bits per heavy atom. The van der Waals surface area contributed by atoms with Gasteiger partial charge in [-0.15, -0.1) is 0 Å². The topological polar surface area (TPSA) is 92.5 Å². The Morgan fingerprint density at radius 3 is 2.20 bits per heavy atom. The molecule has 0 atom stereocenters. The van der Waals surface area contributed by atoms with Crippen LogP contribution in [-0.4, -0.2) is 36.2 Å². The van der Waals surface area contributed by atoms with Gasteiger partial charge < -0.3 is 16.0 Å². The van der Waals surface area contributed by atoms with E-state index in [1.54, 1.807) is 7.05 Å². The molecular weight excluding hydrogens is 318 g/mol. The van der Waals surface area contributed by atoms with Crippen LogP contribution in [0.4, 0.5) is 5.69 Å². The number of primary amides is 1. The van der Waals surface area contributed by atoms with Crippen LogP contribution in [0.3, 0.4) is 0 Å². The molecule has 0 saturated heterocycles. The van der Waals surface area contributed by atoms with Gasteiger partial charge >= 0.3 is 0 Å². The molecule has 0 fully saturated rings. The van der Waals surface area contributed by atoms with Crippen LogP contribution in [0, 0.1) is 13.8 Å². The summed E-state index contributed by atoms with van der Waals surface area (Å²) in [5.41, 5.74) is 8.69. The van der Waals surface area contributed by atoms with Gasteiger partial charge in [0.1, 0.15) is 0 Å². The maximum Gasteiger partial charge on any atom is 0.254 e. The molecular formula is C19H21N3O3. The molecule has 0 unspecified atom stereocenters. The molecule has 0 spiro atoms. The molecule has 0 bridgehead atoms. The van der Waals surface area contributed by atoms with Gasteiger partial charge in [0.2, 0.25) is 11.8 Å². The Morgan fingerprint density at radius 2 is 1.60 bits per heavy atom. The highest BCUT2D eigenvalue weighted by Crippen LogP contribution is 2.17. The minimum absolute atomic E-state index is 0.0796. The van der Waals surface area contributed by atoms with Crippen LogP contribution in [0.15, 0.2) is 42.5 Å². The zero-order valence-corrected chi connectivity index (χ0v) is 14.5. The standard InChI is InChI=1S/C19H21N3O3/c1-12-5-4-6-16(13(12)2)21-17(23)11-22(3)19(25)15-9-7-14(8-10-15)18(20)24/h4-10H,11H2,1-3H3,(H2,20,24)(H,21,23). The van der Waals surface area contributed by atoms with Crippen LogP contribution in [-0.2, 0) is 4.79 Å². The first-order valence-corrected chi connectivity index (χ1v) is 7.81. The number of hydrogen-bond donors (Lipinski definition) is 2. The lowest BCUT2D eigenvalue weighted by atomic mass is 10.1. The minimum atomic E-state index is -0.555. The maximum atomic E-state index is 12.4. The summed E-state index contributed by atoms with van der Waals surface area (Å²) < 4.78 is 0. The average molecular weight is 339 g/mol. The Labute approximate surface area is 146 Å². The maximum absolute atomic E-state index is 12.4. The van der Waals surface area contributed by atoms with E-state index in [1.165, 1.54) is 29.2 Å². The molecule has 2 rings (SSSR count). The van der Waals surface area contributed by atoms with Gasteiger partial charge in [-0.25, -0.2) is 0 Å². The highest BCUT2D eigenvalue weighted by atomic mass is 16.2. The Balaban J connectivity index is 2.01. The van der Waals surface area contributed by atoms with E-state index >= 15 is 0 Å². The van der Waals surface area contributed by atoms with Crippen molar-refractivity contribution >= 4 is 23.4 Å². The number of anilines is 1. The molecule has 2 aromatic rings. The number of rotatable bonds is 5. The fourth-order valence-corrected chi connectivity index (χ4v) is 2.36. The van der Waals surface area contributed by atoms with Crippen LogP contribution in [0.1, 0.15) is 31.8 Å². The Hall–Kier alpha value is -3.15. The molecule has 2 aromatic carbocycles. The molecule has 3 amide bonds. The zero-order chi connectivity index (χ0) is 18.6. The molecule has 130 valence electrons. The number of benzene rings is 2. The second-order valence-electron chi connectivity index (χ2n) is 5.90. The summed E-state index contributed by atoms with van der Waals surface area (Å²) in [7, 11) is 1.55. The van der Waals surface area contributed by atoms with Gasteiger partial charge in [0, 0.05) is 23.9 Å². The number of nitrogens with zero attached hydrogens (tertiary/aromatic N) is 1. The lowest BCUT2D eigenvalue weighted by Gasteiger charge is -2.18. The Kier molecular flexibility index (Phi) is 5.54. The van der Waals surface area contributed by atoms with Gasteiger partial charge in [-0.3, -0.25) is 14.4 Å². The SMILES string of the molecule is Cc1cccc(NC(=O)CN(C)C(=O)c2ccc(C(N)=O)cc2)c1C. The highest BCUT2D eigenvalue weighted by molar-refractivity contribution is 6.00. The normalized spacial score (nSPS) is 10.2. The summed E-state index contributed by atoms with van der Waals surface area (Å²) in [4.78, 5) is 36.9. The molecule has 0 aliphatic carbocycles. The molecule has 0 aromatic heterocycles. The summed E-state index contributed by atoms with van der Waals surface area (Å²) in [5, 5.41) is 2.82. The van der Waals surface area contributed by atoms with Gasteiger partial charge in [0.15, 0.2) is 0 Å². The average Bonchev–Trinajstić information content (AvgIpc) is 2.58. The van der Waals surface area contributed by atoms with E-state index < -0.39 is 5.91 Å². The first kappa shape index (κ1) is 18.2. The van der Waals surface area contributed by atoms with Crippen LogP contribution < -0.4 is 11.1 Å². The van der Waals surface area contributed by atoms with Gasteiger partial charge in [-0.1, -0.05) is 12.1 Å². The molecule has 25 heavy (non-hydrogen) atoms. The van der Waals surface area contributed by atoms with E-state index in [0.29, 0.717) is 11.1 Å². The molecule has 6 heteroatoms. The second-order valence-corrected chi connectivity index (χ2v) is 5.90. The summed E-state index contributed by atoms with van der Waals surface area (Å²) in [6.45, 7) is 3.82. The number of carbonyl (C=O) groups is 3. The quantitative estimate of drug-likeness (QED) is 0.874. The summed E-state index contributed by atoms with van der Waals surface area (Å²) >= 11 is 0. The monoisotopic (exact) mass is 339 g/mol. The van der Waals surface area contributed by atoms with Crippen molar-refractivity contribution in [2.75, 3.05) is 18.9 Å². The molecule has 0 radical (unpaired) electrons. The van der Waals surface area contributed by atoms with Crippen molar-refractivity contribution in [2.45, 2.75) is 13.8 Å². The number of amides is 3. The lowest BCUT2D eigenvalue weighted by Crippen LogP contribution is -2.35. The predicted octanol–water partition coefficient (Wildman–Crippen LogP) is 2.11. The molecule has 0 heterocycles. The van der Waals surface area contributed by atoms with Gasteiger partial charge in [0.25, 0.3) is 5.91 Å².